The Balaban J connectivity index is 4.51. The summed E-state index contributed by atoms with van der Waals surface area (Å²) in [5.74, 6) is 0. The van der Waals surface area contributed by atoms with E-state index in [9.17, 15) is 0 Å². The van der Waals surface area contributed by atoms with Crippen LogP contribution in [-0.2, 0) is 0 Å². The van der Waals surface area contributed by atoms with Gasteiger partial charge in [-0.3, -0.25) is 0 Å². The lowest BCUT2D eigenvalue weighted by atomic mass is 9.78. The normalized spacial score (nSPS) is 10.8. The monoisotopic (exact) mass is 166 g/mol. The van der Waals surface area contributed by atoms with Gasteiger partial charge in [0.2, 0.25) is 0 Å². The van der Waals surface area contributed by atoms with Crippen LogP contribution >= 0.6 is 0 Å². The van der Waals surface area contributed by atoms with Gasteiger partial charge in [0.1, 0.15) is 0 Å². The number of nitrogens with zero attached hydrogens (tertiary/aromatic N) is 1. The Bertz CT molecular complexity index is 185. The molecule has 0 fully saturated rings. The molecular weight excluding hydrogens is 148 g/mol. The fourth-order valence-electron chi connectivity index (χ4n) is 1.39. The third-order valence-electron chi connectivity index (χ3n) is 2.50. The minimum Gasteiger partial charge on any atom is -0.308 e. The zero-order valence-corrected chi connectivity index (χ0v) is 8.28. The van der Waals surface area contributed by atoms with Crippen molar-refractivity contribution in [2.24, 2.45) is 5.41 Å². The largest absolute Gasteiger partial charge is 0.308 e. The second kappa shape index (κ2) is 4.92. The number of hydrogen-bond donors (Lipinski definition) is 1. The van der Waals surface area contributed by atoms with Crippen LogP contribution in [0.4, 0.5) is 0 Å². The van der Waals surface area contributed by atoms with E-state index in [1.165, 1.54) is 0 Å². The first-order valence-corrected chi connectivity index (χ1v) is 4.66. The second-order valence-corrected chi connectivity index (χ2v) is 3.13. The molecule has 0 aromatic carbocycles. The number of rotatable bonds is 5. The summed E-state index contributed by atoms with van der Waals surface area (Å²) >= 11 is 0. The second-order valence-electron chi connectivity index (χ2n) is 3.13. The van der Waals surface area contributed by atoms with E-state index in [-0.39, 0.29) is 0 Å². The summed E-state index contributed by atoms with van der Waals surface area (Å²) in [7, 11) is 0. The molecule has 0 bridgehead atoms. The van der Waals surface area contributed by atoms with Gasteiger partial charge in [-0.1, -0.05) is 27.2 Å². The summed E-state index contributed by atoms with van der Waals surface area (Å²) < 4.78 is 0. The molecule has 0 heterocycles. The van der Waals surface area contributed by atoms with Crippen molar-refractivity contribution in [3.63, 3.8) is 0 Å². The number of nitrogens with one attached hydrogen (secondary N) is 1. The maximum atomic E-state index is 8.98. The lowest BCUT2D eigenvalue weighted by molar-refractivity contribution is 0.495. The predicted molar refractivity (Wildman–Crippen MR) is 51.3 cm³/mol. The first kappa shape index (κ1) is 11.2. The summed E-state index contributed by atoms with van der Waals surface area (Å²) in [6.07, 6.45) is 3.25. The molecule has 0 amide bonds. The highest BCUT2D eigenvalue weighted by molar-refractivity contribution is 5.89. The van der Waals surface area contributed by atoms with Crippen LogP contribution in [-0.4, -0.2) is 5.71 Å². The van der Waals surface area contributed by atoms with Crippen molar-refractivity contribution in [1.82, 2.24) is 0 Å². The molecular formula is C10H18N2. The Morgan fingerprint density at radius 3 is 2.08 bits per heavy atom. The van der Waals surface area contributed by atoms with Crippen molar-refractivity contribution in [2.75, 3.05) is 0 Å². The fourth-order valence-corrected chi connectivity index (χ4v) is 1.39. The van der Waals surface area contributed by atoms with E-state index in [4.69, 9.17) is 10.7 Å². The van der Waals surface area contributed by atoms with E-state index in [2.05, 4.69) is 6.07 Å². The van der Waals surface area contributed by atoms with Crippen LogP contribution in [0.3, 0.4) is 0 Å². The third-order valence-corrected chi connectivity index (χ3v) is 2.50. The SMILES string of the molecule is CCCC(=N)C(C#N)(CC)CC. The molecule has 1 N–H and O–H groups in total. The Kier molecular flexibility index (Phi) is 4.58. The molecule has 0 rings (SSSR count). The fraction of sp³-hybridized carbons (Fsp3) is 0.800. The average Bonchev–Trinajstić information content (AvgIpc) is 2.09. The molecule has 12 heavy (non-hydrogen) atoms. The lowest BCUT2D eigenvalue weighted by Gasteiger charge is -2.23. The molecule has 0 aliphatic heterocycles. The standard InChI is InChI=1S/C10H18N2/c1-4-7-9(12)10(5-2,6-3)8-11/h12H,4-7H2,1-3H3. The Hall–Kier alpha value is -0.840. The van der Waals surface area contributed by atoms with Crippen molar-refractivity contribution < 1.29 is 0 Å². The Labute approximate surface area is 75.1 Å². The van der Waals surface area contributed by atoms with Crippen LogP contribution < -0.4 is 0 Å². The van der Waals surface area contributed by atoms with Crippen LogP contribution in [0, 0.1) is 22.2 Å². The van der Waals surface area contributed by atoms with Gasteiger partial charge in [-0.05, 0) is 19.3 Å². The highest BCUT2D eigenvalue weighted by Crippen LogP contribution is 2.28. The van der Waals surface area contributed by atoms with Crippen LogP contribution in [0.25, 0.3) is 0 Å². The lowest BCUT2D eigenvalue weighted by Crippen LogP contribution is -2.27. The Morgan fingerprint density at radius 1 is 1.33 bits per heavy atom. The highest BCUT2D eigenvalue weighted by Gasteiger charge is 2.30. The molecule has 0 aromatic heterocycles. The van der Waals surface area contributed by atoms with Crippen LogP contribution in [0.1, 0.15) is 46.5 Å². The maximum Gasteiger partial charge on any atom is 0.0941 e. The van der Waals surface area contributed by atoms with Gasteiger partial charge in [-0.15, -0.1) is 0 Å². The van der Waals surface area contributed by atoms with Crippen molar-refractivity contribution in [3.8, 4) is 6.07 Å². The summed E-state index contributed by atoms with van der Waals surface area (Å²) in [5, 5.41) is 16.8. The molecule has 0 radical (unpaired) electrons. The van der Waals surface area contributed by atoms with Gasteiger partial charge in [0, 0.05) is 5.71 Å². The molecule has 2 nitrogen and oxygen atoms in total. The van der Waals surface area contributed by atoms with E-state index < -0.39 is 5.41 Å². The maximum absolute atomic E-state index is 8.98. The molecule has 0 aliphatic carbocycles. The van der Waals surface area contributed by atoms with Crippen LogP contribution in [0.15, 0.2) is 0 Å². The molecule has 0 spiro atoms. The van der Waals surface area contributed by atoms with Crippen LogP contribution in [0.5, 0.6) is 0 Å². The van der Waals surface area contributed by atoms with Gasteiger partial charge in [0.05, 0.1) is 11.5 Å². The molecule has 68 valence electrons. The van der Waals surface area contributed by atoms with Gasteiger partial charge < -0.3 is 5.41 Å². The topological polar surface area (TPSA) is 47.6 Å². The molecule has 2 heteroatoms. The van der Waals surface area contributed by atoms with E-state index in [1.807, 2.05) is 20.8 Å². The Morgan fingerprint density at radius 2 is 1.83 bits per heavy atom. The van der Waals surface area contributed by atoms with Crippen molar-refractivity contribution in [2.45, 2.75) is 46.5 Å². The molecule has 0 atom stereocenters. The van der Waals surface area contributed by atoms with Crippen molar-refractivity contribution in [3.05, 3.63) is 0 Å². The summed E-state index contributed by atoms with van der Waals surface area (Å²) in [6.45, 7) is 6.01. The van der Waals surface area contributed by atoms with Crippen molar-refractivity contribution in [1.29, 1.82) is 10.7 Å². The molecule has 0 unspecified atom stereocenters. The zero-order valence-electron chi connectivity index (χ0n) is 8.28. The first-order chi connectivity index (χ1) is 5.66. The molecule has 0 aliphatic rings. The zero-order chi connectivity index (χ0) is 9.61. The van der Waals surface area contributed by atoms with E-state index >= 15 is 0 Å². The van der Waals surface area contributed by atoms with Gasteiger partial charge in [-0.2, -0.15) is 5.26 Å². The summed E-state index contributed by atoms with van der Waals surface area (Å²) in [4.78, 5) is 0. The van der Waals surface area contributed by atoms with Crippen molar-refractivity contribution >= 4 is 5.71 Å². The van der Waals surface area contributed by atoms with Gasteiger partial charge >= 0.3 is 0 Å². The number of hydrogen-bond acceptors (Lipinski definition) is 2. The molecule has 0 saturated carbocycles. The average molecular weight is 166 g/mol. The minimum atomic E-state index is -0.476. The molecule has 0 saturated heterocycles. The summed E-state index contributed by atoms with van der Waals surface area (Å²) in [6, 6.07) is 2.27. The minimum absolute atomic E-state index is 0.476. The molecule has 0 aromatic rings. The quantitative estimate of drug-likeness (QED) is 0.627. The van der Waals surface area contributed by atoms with Gasteiger partial charge in [0.25, 0.3) is 0 Å². The number of nitriles is 1. The van der Waals surface area contributed by atoms with E-state index in [0.29, 0.717) is 5.71 Å². The van der Waals surface area contributed by atoms with E-state index in [1.54, 1.807) is 0 Å². The van der Waals surface area contributed by atoms with Crippen LogP contribution in [0.2, 0.25) is 0 Å². The summed E-state index contributed by atoms with van der Waals surface area (Å²) in [5.41, 5.74) is 0.133. The van der Waals surface area contributed by atoms with Gasteiger partial charge in [-0.25, -0.2) is 0 Å². The predicted octanol–water partition coefficient (Wildman–Crippen LogP) is 3.14. The third kappa shape index (κ3) is 2.07. The van der Waals surface area contributed by atoms with E-state index in [0.717, 1.165) is 25.7 Å². The first-order valence-electron chi connectivity index (χ1n) is 4.66. The highest BCUT2D eigenvalue weighted by atomic mass is 14.5. The van der Waals surface area contributed by atoms with Gasteiger partial charge in [0.15, 0.2) is 0 Å². The smallest absolute Gasteiger partial charge is 0.0941 e.